The van der Waals surface area contributed by atoms with Crippen LogP contribution in [0.4, 0.5) is 5.69 Å². The van der Waals surface area contributed by atoms with Gasteiger partial charge in [0.1, 0.15) is 0 Å². The lowest BCUT2D eigenvalue weighted by atomic mass is 10.1. The molecule has 2 rings (SSSR count). The molecule has 0 unspecified atom stereocenters. The molecule has 0 spiro atoms. The number of carbonyl (C=O) groups excluding carboxylic acids is 2. The van der Waals surface area contributed by atoms with Crippen LogP contribution in [0.1, 0.15) is 16.7 Å². The first-order valence-corrected chi connectivity index (χ1v) is 8.20. The van der Waals surface area contributed by atoms with Gasteiger partial charge in [0.2, 0.25) is 0 Å². The number of halogens is 1. The molecule has 2 aromatic carbocycles. The van der Waals surface area contributed by atoms with E-state index in [2.05, 4.69) is 33.2 Å². The molecular weight excluding hydrogens is 405 g/mol. The van der Waals surface area contributed by atoms with Crippen LogP contribution in [0.15, 0.2) is 42.5 Å². The predicted octanol–water partition coefficient (Wildman–Crippen LogP) is 2.31. The molecule has 6 heteroatoms. The normalized spacial score (nSPS) is 10.2. The molecule has 23 heavy (non-hydrogen) atoms. The zero-order valence-electron chi connectivity index (χ0n) is 12.7. The van der Waals surface area contributed by atoms with E-state index in [4.69, 9.17) is 5.73 Å². The highest BCUT2D eigenvalue weighted by Gasteiger charge is 2.14. The van der Waals surface area contributed by atoms with Gasteiger partial charge in [-0.25, -0.2) is 0 Å². The van der Waals surface area contributed by atoms with Crippen LogP contribution < -0.4 is 16.4 Å². The van der Waals surface area contributed by atoms with Crippen molar-refractivity contribution in [3.63, 3.8) is 0 Å². The number of hydrogen-bond acceptors (Lipinski definition) is 3. The van der Waals surface area contributed by atoms with Gasteiger partial charge in [0.05, 0.1) is 0 Å². The van der Waals surface area contributed by atoms with Crippen LogP contribution in [0, 0.1) is 10.5 Å². The van der Waals surface area contributed by atoms with E-state index in [0.717, 1.165) is 20.3 Å². The van der Waals surface area contributed by atoms with Crippen molar-refractivity contribution >= 4 is 40.1 Å². The highest BCUT2D eigenvalue weighted by atomic mass is 127. The van der Waals surface area contributed by atoms with Crippen LogP contribution in [-0.4, -0.2) is 11.8 Å². The summed E-state index contributed by atoms with van der Waals surface area (Å²) in [6, 6.07) is 13.2. The Hall–Kier alpha value is -1.93. The molecule has 0 radical (unpaired) electrons. The Morgan fingerprint density at radius 1 is 1.09 bits per heavy atom. The second kappa shape index (κ2) is 8.07. The number of benzene rings is 2. The largest absolute Gasteiger partial charge is 0.344 e. The van der Waals surface area contributed by atoms with Crippen LogP contribution in [-0.2, 0) is 22.7 Å². The van der Waals surface area contributed by atoms with Crippen molar-refractivity contribution in [3.05, 3.63) is 62.7 Å². The van der Waals surface area contributed by atoms with Gasteiger partial charge in [0.15, 0.2) is 0 Å². The van der Waals surface area contributed by atoms with Gasteiger partial charge in [0.25, 0.3) is 0 Å². The number of anilines is 1. The van der Waals surface area contributed by atoms with E-state index in [1.165, 1.54) is 0 Å². The van der Waals surface area contributed by atoms with E-state index in [-0.39, 0.29) is 6.54 Å². The maximum absolute atomic E-state index is 11.9. The molecule has 0 atom stereocenters. The molecule has 0 aliphatic carbocycles. The lowest BCUT2D eigenvalue weighted by molar-refractivity contribution is -0.136. The second-order valence-corrected chi connectivity index (χ2v) is 6.37. The monoisotopic (exact) mass is 423 g/mol. The fourth-order valence-corrected chi connectivity index (χ4v) is 2.72. The van der Waals surface area contributed by atoms with Crippen LogP contribution in [0.3, 0.4) is 0 Å². The molecule has 2 aromatic rings. The zero-order valence-corrected chi connectivity index (χ0v) is 14.9. The molecule has 0 bridgehead atoms. The van der Waals surface area contributed by atoms with Crippen molar-refractivity contribution in [3.8, 4) is 0 Å². The summed E-state index contributed by atoms with van der Waals surface area (Å²) in [6.45, 7) is 2.61. The van der Waals surface area contributed by atoms with Crippen molar-refractivity contribution in [2.24, 2.45) is 5.73 Å². The maximum Gasteiger partial charge on any atom is 0.313 e. The van der Waals surface area contributed by atoms with Crippen molar-refractivity contribution < 1.29 is 9.59 Å². The first kappa shape index (κ1) is 17.4. The molecule has 4 N–H and O–H groups in total. The third-order valence-corrected chi connectivity index (χ3v) is 3.99. The Bertz CT molecular complexity index is 732. The molecule has 0 heterocycles. The maximum atomic E-state index is 11.9. The molecular formula is C17H18IN3O2. The molecule has 2 amide bonds. The topological polar surface area (TPSA) is 84.2 Å². The molecule has 0 fully saturated rings. The average molecular weight is 423 g/mol. The third kappa shape index (κ3) is 5.04. The van der Waals surface area contributed by atoms with Gasteiger partial charge in [0, 0.05) is 22.3 Å². The fourth-order valence-electron chi connectivity index (χ4n) is 2.08. The first-order chi connectivity index (χ1) is 11.0. The summed E-state index contributed by atoms with van der Waals surface area (Å²) in [4.78, 5) is 23.9. The lowest BCUT2D eigenvalue weighted by Gasteiger charge is -2.09. The Morgan fingerprint density at radius 3 is 2.52 bits per heavy atom. The Kier molecular flexibility index (Phi) is 6.12. The van der Waals surface area contributed by atoms with E-state index in [0.29, 0.717) is 12.2 Å². The van der Waals surface area contributed by atoms with Crippen molar-refractivity contribution in [2.45, 2.75) is 20.0 Å². The summed E-state index contributed by atoms with van der Waals surface area (Å²) >= 11 is 2.19. The summed E-state index contributed by atoms with van der Waals surface area (Å²) in [6.07, 6.45) is 0. The molecule has 0 aliphatic rings. The summed E-state index contributed by atoms with van der Waals surface area (Å²) in [7, 11) is 0. The number of rotatable bonds is 4. The number of amides is 2. The minimum absolute atomic E-state index is 0.283. The summed E-state index contributed by atoms with van der Waals surface area (Å²) in [5.41, 5.74) is 9.01. The minimum atomic E-state index is -0.677. The van der Waals surface area contributed by atoms with E-state index in [1.54, 1.807) is 6.07 Å². The summed E-state index contributed by atoms with van der Waals surface area (Å²) in [5.74, 6) is -1.34. The molecule has 0 saturated heterocycles. The molecule has 0 saturated carbocycles. The number of hydrogen-bond donors (Lipinski definition) is 3. The van der Waals surface area contributed by atoms with Gasteiger partial charge >= 0.3 is 11.8 Å². The third-order valence-electron chi connectivity index (χ3n) is 3.32. The van der Waals surface area contributed by atoms with Crippen LogP contribution in [0.25, 0.3) is 0 Å². The number of nitrogens with one attached hydrogen (secondary N) is 2. The van der Waals surface area contributed by atoms with E-state index in [9.17, 15) is 9.59 Å². The zero-order chi connectivity index (χ0) is 16.8. The van der Waals surface area contributed by atoms with Crippen LogP contribution >= 0.6 is 22.6 Å². The fraction of sp³-hybridized carbons (Fsp3) is 0.176. The lowest BCUT2D eigenvalue weighted by Crippen LogP contribution is -2.35. The van der Waals surface area contributed by atoms with Crippen molar-refractivity contribution in [1.82, 2.24) is 5.32 Å². The average Bonchev–Trinajstić information content (AvgIpc) is 2.55. The highest BCUT2D eigenvalue weighted by Crippen LogP contribution is 2.17. The summed E-state index contributed by atoms with van der Waals surface area (Å²) in [5, 5.41) is 5.23. The van der Waals surface area contributed by atoms with Gasteiger partial charge in [-0.1, -0.05) is 24.3 Å². The van der Waals surface area contributed by atoms with E-state index in [1.807, 2.05) is 43.3 Å². The molecule has 0 aromatic heterocycles. The Balaban J connectivity index is 1.93. The van der Waals surface area contributed by atoms with Gasteiger partial charge in [-0.05, 0) is 64.4 Å². The van der Waals surface area contributed by atoms with E-state index < -0.39 is 11.8 Å². The molecule has 0 aliphatic heterocycles. The van der Waals surface area contributed by atoms with E-state index >= 15 is 0 Å². The first-order valence-electron chi connectivity index (χ1n) is 7.13. The van der Waals surface area contributed by atoms with Gasteiger partial charge < -0.3 is 16.4 Å². The van der Waals surface area contributed by atoms with Crippen LogP contribution in [0.5, 0.6) is 0 Å². The minimum Gasteiger partial charge on any atom is -0.344 e. The number of aryl methyl sites for hydroxylation is 1. The van der Waals surface area contributed by atoms with Crippen molar-refractivity contribution in [1.29, 1.82) is 0 Å². The van der Waals surface area contributed by atoms with Gasteiger partial charge in [-0.2, -0.15) is 0 Å². The molecule has 120 valence electrons. The van der Waals surface area contributed by atoms with Gasteiger partial charge in [-0.3, -0.25) is 9.59 Å². The SMILES string of the molecule is Cc1cc(I)ccc1NC(=O)C(=O)NCc1cccc(CN)c1. The smallest absolute Gasteiger partial charge is 0.313 e. The van der Waals surface area contributed by atoms with Gasteiger partial charge in [-0.15, -0.1) is 0 Å². The Morgan fingerprint density at radius 2 is 1.83 bits per heavy atom. The summed E-state index contributed by atoms with van der Waals surface area (Å²) < 4.78 is 1.07. The predicted molar refractivity (Wildman–Crippen MR) is 98.7 cm³/mol. The standard InChI is InChI=1S/C17H18IN3O2/c1-11-7-14(18)5-6-15(11)21-17(23)16(22)20-10-13-4-2-3-12(8-13)9-19/h2-8H,9-10,19H2,1H3,(H,20,22)(H,21,23). The van der Waals surface area contributed by atoms with Crippen molar-refractivity contribution in [2.75, 3.05) is 5.32 Å². The molecule has 5 nitrogen and oxygen atoms in total. The quantitative estimate of drug-likeness (QED) is 0.522. The number of carbonyl (C=O) groups is 2. The highest BCUT2D eigenvalue weighted by molar-refractivity contribution is 14.1. The number of nitrogens with two attached hydrogens (primary N) is 1. The van der Waals surface area contributed by atoms with Crippen LogP contribution in [0.2, 0.25) is 0 Å². The second-order valence-electron chi connectivity index (χ2n) is 5.12. The Labute approximate surface area is 148 Å².